The van der Waals surface area contributed by atoms with E-state index in [1.165, 1.54) is 38.5 Å². The zero-order valence-corrected chi connectivity index (χ0v) is 21.4. The van der Waals surface area contributed by atoms with Gasteiger partial charge in [0, 0.05) is 7.11 Å². The van der Waals surface area contributed by atoms with Gasteiger partial charge < -0.3 is 14.9 Å². The van der Waals surface area contributed by atoms with Crippen LogP contribution in [0.2, 0.25) is 0 Å². The zero-order valence-electron chi connectivity index (χ0n) is 21.4. The molecule has 4 fully saturated rings. The number of hydrogen-bond donors (Lipinski definition) is 2. The van der Waals surface area contributed by atoms with Gasteiger partial charge in [-0.05, 0) is 131 Å². The number of methoxy groups -OCH3 is 1. The van der Waals surface area contributed by atoms with Crippen LogP contribution in [0.4, 0.5) is 0 Å². The van der Waals surface area contributed by atoms with E-state index in [0.717, 1.165) is 49.4 Å². The van der Waals surface area contributed by atoms with E-state index in [2.05, 4.69) is 20.8 Å². The molecule has 0 aromatic carbocycles. The number of hydrogen-bond acceptors (Lipinski definition) is 3. The van der Waals surface area contributed by atoms with E-state index < -0.39 is 11.2 Å². The molecule has 0 amide bonds. The highest BCUT2D eigenvalue weighted by atomic mass is 16.5. The molecular formula is C28H50O3. The fourth-order valence-electron chi connectivity index (χ4n) is 9.53. The first-order valence-electron chi connectivity index (χ1n) is 13.3. The van der Waals surface area contributed by atoms with Crippen molar-refractivity contribution in [2.75, 3.05) is 7.11 Å². The number of fused-ring (bicyclic) bond motifs is 5. The van der Waals surface area contributed by atoms with Gasteiger partial charge in [-0.3, -0.25) is 0 Å². The lowest BCUT2D eigenvalue weighted by Crippen LogP contribution is -2.60. The molecule has 0 unspecified atom stereocenters. The first-order valence-corrected chi connectivity index (χ1v) is 13.3. The minimum atomic E-state index is -0.677. The van der Waals surface area contributed by atoms with Gasteiger partial charge in [0.05, 0.1) is 17.3 Å². The Bertz CT molecular complexity index is 651. The first kappa shape index (κ1) is 24.0. The van der Waals surface area contributed by atoms with Crippen LogP contribution in [0.25, 0.3) is 0 Å². The fraction of sp³-hybridized carbons (Fsp3) is 1.00. The minimum Gasteiger partial charge on any atom is -0.390 e. The van der Waals surface area contributed by atoms with Crippen molar-refractivity contribution in [3.8, 4) is 0 Å². The molecule has 31 heavy (non-hydrogen) atoms. The molecular weight excluding hydrogens is 384 g/mol. The average molecular weight is 435 g/mol. The van der Waals surface area contributed by atoms with Gasteiger partial charge in [0.2, 0.25) is 0 Å². The van der Waals surface area contributed by atoms with E-state index in [1.54, 1.807) is 7.11 Å². The van der Waals surface area contributed by atoms with Gasteiger partial charge in [0.25, 0.3) is 0 Å². The fourth-order valence-corrected chi connectivity index (χ4v) is 9.53. The Hall–Kier alpha value is -0.120. The van der Waals surface area contributed by atoms with E-state index in [1.807, 2.05) is 20.8 Å². The van der Waals surface area contributed by atoms with Crippen LogP contribution in [0.3, 0.4) is 0 Å². The maximum absolute atomic E-state index is 11.0. The van der Waals surface area contributed by atoms with Crippen LogP contribution in [0.1, 0.15) is 106 Å². The summed E-state index contributed by atoms with van der Waals surface area (Å²) < 4.78 is 5.84. The molecule has 0 aromatic heterocycles. The molecule has 0 aliphatic heterocycles. The second kappa shape index (κ2) is 7.98. The Balaban J connectivity index is 1.52. The molecule has 3 heteroatoms. The molecule has 3 nitrogen and oxygen atoms in total. The summed E-state index contributed by atoms with van der Waals surface area (Å²) in [6.07, 6.45) is 12.1. The summed E-state index contributed by atoms with van der Waals surface area (Å²) in [6.45, 7) is 13.6. The molecule has 4 aliphatic rings. The van der Waals surface area contributed by atoms with Crippen molar-refractivity contribution in [3.05, 3.63) is 0 Å². The van der Waals surface area contributed by atoms with Crippen LogP contribution in [-0.2, 0) is 4.74 Å². The Morgan fingerprint density at radius 2 is 1.65 bits per heavy atom. The Labute approximate surface area is 191 Å². The lowest BCUT2D eigenvalue weighted by Gasteiger charge is -2.63. The second-order valence-corrected chi connectivity index (χ2v) is 13.7. The average Bonchev–Trinajstić information content (AvgIpc) is 3.02. The Morgan fingerprint density at radius 1 is 0.968 bits per heavy atom. The Morgan fingerprint density at radius 3 is 2.29 bits per heavy atom. The molecule has 0 bridgehead atoms. The highest BCUT2D eigenvalue weighted by Gasteiger charge is 2.62. The van der Waals surface area contributed by atoms with Gasteiger partial charge in [-0.1, -0.05) is 20.8 Å². The van der Waals surface area contributed by atoms with Gasteiger partial charge in [0.15, 0.2) is 0 Å². The standard InChI is InChI=1S/C28H50O3/c1-18(12-14-25(2,3)29)21-10-11-22-20-9-8-19-16-28(6,30)24(31-7)17-27(19,5)23(20)13-15-26(21,22)4/h18-24,29-30H,8-17H2,1-7H3/t18-,19+,20+,21-,22+,23+,24+,26-,27+,28-/m1/s1. The van der Waals surface area contributed by atoms with Crippen molar-refractivity contribution in [1.82, 2.24) is 0 Å². The summed E-state index contributed by atoms with van der Waals surface area (Å²) in [5, 5.41) is 21.3. The number of rotatable bonds is 5. The molecule has 10 atom stereocenters. The maximum atomic E-state index is 11.0. The lowest BCUT2D eigenvalue weighted by atomic mass is 9.43. The summed E-state index contributed by atoms with van der Waals surface area (Å²) in [4.78, 5) is 0. The van der Waals surface area contributed by atoms with Crippen LogP contribution in [0, 0.1) is 46.3 Å². The normalized spacial score (nSPS) is 51.0. The van der Waals surface area contributed by atoms with Gasteiger partial charge >= 0.3 is 0 Å². The molecule has 4 rings (SSSR count). The molecule has 2 N–H and O–H groups in total. The predicted octanol–water partition coefficient (Wildman–Crippen LogP) is 6.21. The molecule has 0 aromatic rings. The van der Waals surface area contributed by atoms with Crippen molar-refractivity contribution in [1.29, 1.82) is 0 Å². The van der Waals surface area contributed by atoms with E-state index in [0.29, 0.717) is 22.7 Å². The van der Waals surface area contributed by atoms with Gasteiger partial charge in [-0.15, -0.1) is 0 Å². The lowest BCUT2D eigenvalue weighted by molar-refractivity contribution is -0.198. The largest absolute Gasteiger partial charge is 0.390 e. The monoisotopic (exact) mass is 434 g/mol. The molecule has 4 saturated carbocycles. The topological polar surface area (TPSA) is 49.7 Å². The highest BCUT2D eigenvalue weighted by Crippen LogP contribution is 2.69. The summed E-state index contributed by atoms with van der Waals surface area (Å²) >= 11 is 0. The zero-order chi connectivity index (χ0) is 22.8. The van der Waals surface area contributed by atoms with Crippen molar-refractivity contribution in [2.45, 2.75) is 123 Å². The predicted molar refractivity (Wildman–Crippen MR) is 127 cm³/mol. The molecule has 180 valence electrons. The molecule has 0 heterocycles. The van der Waals surface area contributed by atoms with Gasteiger partial charge in [0.1, 0.15) is 0 Å². The van der Waals surface area contributed by atoms with E-state index in [-0.39, 0.29) is 6.10 Å². The van der Waals surface area contributed by atoms with Crippen molar-refractivity contribution >= 4 is 0 Å². The smallest absolute Gasteiger partial charge is 0.0883 e. The van der Waals surface area contributed by atoms with Crippen LogP contribution in [0.15, 0.2) is 0 Å². The summed E-state index contributed by atoms with van der Waals surface area (Å²) in [5.41, 5.74) is -0.427. The van der Waals surface area contributed by atoms with Gasteiger partial charge in [-0.2, -0.15) is 0 Å². The van der Waals surface area contributed by atoms with Crippen molar-refractivity contribution in [2.24, 2.45) is 46.3 Å². The van der Waals surface area contributed by atoms with E-state index in [9.17, 15) is 10.2 Å². The third-order valence-corrected chi connectivity index (χ3v) is 11.3. The molecule has 0 radical (unpaired) electrons. The third kappa shape index (κ3) is 4.03. The highest BCUT2D eigenvalue weighted by molar-refractivity contribution is 5.12. The minimum absolute atomic E-state index is 0.0287. The van der Waals surface area contributed by atoms with Crippen LogP contribution < -0.4 is 0 Å². The summed E-state index contributed by atoms with van der Waals surface area (Å²) in [5.74, 6) is 4.66. The summed E-state index contributed by atoms with van der Waals surface area (Å²) in [7, 11) is 1.79. The third-order valence-electron chi connectivity index (χ3n) is 11.3. The molecule has 0 spiro atoms. The Kier molecular flexibility index (Phi) is 6.18. The molecule has 4 aliphatic carbocycles. The maximum Gasteiger partial charge on any atom is 0.0883 e. The van der Waals surface area contributed by atoms with Gasteiger partial charge in [-0.25, -0.2) is 0 Å². The molecule has 0 saturated heterocycles. The number of ether oxygens (including phenoxy) is 1. The summed E-state index contributed by atoms with van der Waals surface area (Å²) in [6, 6.07) is 0. The second-order valence-electron chi connectivity index (χ2n) is 13.7. The quantitative estimate of drug-likeness (QED) is 0.541. The van der Waals surface area contributed by atoms with Crippen LogP contribution in [0.5, 0.6) is 0 Å². The van der Waals surface area contributed by atoms with E-state index in [4.69, 9.17) is 4.74 Å². The van der Waals surface area contributed by atoms with Crippen molar-refractivity contribution < 1.29 is 14.9 Å². The SMILES string of the molecule is CO[C@H]1C[C@@]2(C)[C@@H](CC[C@@H]3[C@@H]2CC[C@]2(C)[C@@H]([C@H](C)CCC(C)(C)O)CC[C@@H]32)C[C@@]1(C)O. The van der Waals surface area contributed by atoms with Crippen LogP contribution >= 0.6 is 0 Å². The number of aliphatic hydroxyl groups is 2. The van der Waals surface area contributed by atoms with Crippen LogP contribution in [-0.4, -0.2) is 34.6 Å². The van der Waals surface area contributed by atoms with Crippen molar-refractivity contribution in [3.63, 3.8) is 0 Å². The first-order chi connectivity index (χ1) is 14.3. The van der Waals surface area contributed by atoms with E-state index >= 15 is 0 Å².